The molecule has 1 aliphatic heterocycles. The summed E-state index contributed by atoms with van der Waals surface area (Å²) in [6, 6.07) is 5.12. The van der Waals surface area contributed by atoms with E-state index in [1.165, 1.54) is 20.0 Å². The van der Waals surface area contributed by atoms with Crippen molar-refractivity contribution in [1.29, 1.82) is 0 Å². The first-order valence-corrected chi connectivity index (χ1v) is 7.59. The van der Waals surface area contributed by atoms with Crippen molar-refractivity contribution in [3.8, 4) is 11.5 Å². The summed E-state index contributed by atoms with van der Waals surface area (Å²) in [5.74, 6) is 1.08. The number of nitrogens with zero attached hydrogens (tertiary/aromatic N) is 1. The van der Waals surface area contributed by atoms with Gasteiger partial charge >= 0.3 is 6.61 Å². The quantitative estimate of drug-likeness (QED) is 0.839. The molecule has 1 aliphatic rings. The fourth-order valence-corrected chi connectivity index (χ4v) is 2.71. The van der Waals surface area contributed by atoms with E-state index in [4.69, 9.17) is 4.74 Å². The molecule has 0 spiro atoms. The topological polar surface area (TPSA) is 33.7 Å². The van der Waals surface area contributed by atoms with Crippen LogP contribution in [0.5, 0.6) is 11.5 Å². The number of piperidine rings is 1. The van der Waals surface area contributed by atoms with Crippen molar-refractivity contribution in [3.63, 3.8) is 0 Å². The van der Waals surface area contributed by atoms with Crippen LogP contribution < -0.4 is 14.8 Å². The molecule has 1 heterocycles. The van der Waals surface area contributed by atoms with Crippen LogP contribution in [-0.4, -0.2) is 45.3 Å². The van der Waals surface area contributed by atoms with Crippen LogP contribution in [-0.2, 0) is 6.54 Å². The molecule has 1 aromatic carbocycles. The maximum absolute atomic E-state index is 12.4. The highest BCUT2D eigenvalue weighted by molar-refractivity contribution is 5.42. The molecule has 0 radical (unpaired) electrons. The lowest BCUT2D eigenvalue weighted by molar-refractivity contribution is -0.0512. The minimum atomic E-state index is -2.85. The van der Waals surface area contributed by atoms with Gasteiger partial charge in [0.1, 0.15) is 0 Å². The standard InChI is InChI=1S/C16H24F2N2O2/c1-20-7-5-12(6-8-20)10-19-11-13-3-4-14(21-2)15(9-13)22-16(17)18/h3-4,9,12,16,19H,5-8,10-11H2,1-2H3. The third-order valence-corrected chi connectivity index (χ3v) is 4.04. The number of halogens is 2. The van der Waals surface area contributed by atoms with Crippen LogP contribution in [0.3, 0.4) is 0 Å². The molecule has 2 rings (SSSR count). The average Bonchev–Trinajstić information content (AvgIpc) is 2.49. The fourth-order valence-electron chi connectivity index (χ4n) is 2.71. The van der Waals surface area contributed by atoms with Crippen molar-refractivity contribution in [3.05, 3.63) is 23.8 Å². The van der Waals surface area contributed by atoms with Crippen molar-refractivity contribution in [1.82, 2.24) is 10.2 Å². The first-order valence-electron chi connectivity index (χ1n) is 7.59. The molecule has 0 aromatic heterocycles. The summed E-state index contributed by atoms with van der Waals surface area (Å²) in [7, 11) is 3.58. The van der Waals surface area contributed by atoms with Gasteiger partial charge < -0.3 is 19.7 Å². The lowest BCUT2D eigenvalue weighted by atomic mass is 9.97. The van der Waals surface area contributed by atoms with Gasteiger partial charge in [-0.15, -0.1) is 0 Å². The Morgan fingerprint density at radius 1 is 1.27 bits per heavy atom. The van der Waals surface area contributed by atoms with E-state index in [9.17, 15) is 8.78 Å². The summed E-state index contributed by atoms with van der Waals surface area (Å²) >= 11 is 0. The number of hydrogen-bond acceptors (Lipinski definition) is 4. The Hall–Kier alpha value is -1.40. The summed E-state index contributed by atoms with van der Waals surface area (Å²) in [4.78, 5) is 2.34. The second-order valence-electron chi connectivity index (χ2n) is 5.74. The molecular formula is C16H24F2N2O2. The Bertz CT molecular complexity index is 463. The van der Waals surface area contributed by atoms with E-state index >= 15 is 0 Å². The maximum Gasteiger partial charge on any atom is 0.387 e. The van der Waals surface area contributed by atoms with Gasteiger partial charge in [0.2, 0.25) is 0 Å². The molecule has 0 unspecified atom stereocenters. The maximum atomic E-state index is 12.4. The SMILES string of the molecule is COc1ccc(CNCC2CCN(C)CC2)cc1OC(F)F. The Labute approximate surface area is 130 Å². The molecule has 0 bridgehead atoms. The van der Waals surface area contributed by atoms with Crippen molar-refractivity contribution in [2.75, 3.05) is 33.8 Å². The van der Waals surface area contributed by atoms with E-state index in [2.05, 4.69) is 22.0 Å². The average molecular weight is 314 g/mol. The van der Waals surface area contributed by atoms with Crippen LogP contribution in [0, 0.1) is 5.92 Å². The number of likely N-dealkylation sites (tertiary alicyclic amines) is 1. The van der Waals surface area contributed by atoms with Crippen LogP contribution in [0.2, 0.25) is 0 Å². The molecule has 1 aromatic rings. The third kappa shape index (κ3) is 5.10. The molecule has 0 amide bonds. The number of alkyl halides is 2. The Morgan fingerprint density at radius 2 is 2.00 bits per heavy atom. The number of rotatable bonds is 7. The van der Waals surface area contributed by atoms with Crippen LogP contribution >= 0.6 is 0 Å². The third-order valence-electron chi connectivity index (χ3n) is 4.04. The van der Waals surface area contributed by atoms with Gasteiger partial charge in [-0.2, -0.15) is 8.78 Å². The first-order chi connectivity index (χ1) is 10.6. The molecule has 124 valence electrons. The number of ether oxygens (including phenoxy) is 2. The molecule has 0 atom stereocenters. The van der Waals surface area contributed by atoms with Gasteiger partial charge in [0.15, 0.2) is 11.5 Å². The molecule has 1 fully saturated rings. The normalized spacial score (nSPS) is 17.0. The first kappa shape index (κ1) is 17.0. The second kappa shape index (κ2) is 8.29. The van der Waals surface area contributed by atoms with Crippen LogP contribution in [0.15, 0.2) is 18.2 Å². The smallest absolute Gasteiger partial charge is 0.387 e. The zero-order chi connectivity index (χ0) is 15.9. The van der Waals surface area contributed by atoms with Gasteiger partial charge in [-0.3, -0.25) is 0 Å². The van der Waals surface area contributed by atoms with E-state index in [0.29, 0.717) is 18.2 Å². The molecule has 22 heavy (non-hydrogen) atoms. The summed E-state index contributed by atoms with van der Waals surface area (Å²) in [5.41, 5.74) is 0.907. The Kier molecular flexibility index (Phi) is 6.39. The number of nitrogens with one attached hydrogen (secondary N) is 1. The molecule has 0 aliphatic carbocycles. The van der Waals surface area contributed by atoms with Gasteiger partial charge in [0.25, 0.3) is 0 Å². The number of methoxy groups -OCH3 is 1. The van der Waals surface area contributed by atoms with Crippen molar-refractivity contribution < 1.29 is 18.3 Å². The lowest BCUT2D eigenvalue weighted by Gasteiger charge is -2.29. The van der Waals surface area contributed by atoms with Gasteiger partial charge in [0, 0.05) is 6.54 Å². The van der Waals surface area contributed by atoms with E-state index in [-0.39, 0.29) is 5.75 Å². The van der Waals surface area contributed by atoms with Crippen molar-refractivity contribution >= 4 is 0 Å². The largest absolute Gasteiger partial charge is 0.493 e. The molecular weight excluding hydrogens is 290 g/mol. The molecule has 0 saturated carbocycles. The number of benzene rings is 1. The van der Waals surface area contributed by atoms with Gasteiger partial charge in [-0.25, -0.2) is 0 Å². The van der Waals surface area contributed by atoms with Crippen LogP contribution in [0.4, 0.5) is 8.78 Å². The van der Waals surface area contributed by atoms with Gasteiger partial charge in [-0.1, -0.05) is 6.07 Å². The zero-order valence-corrected chi connectivity index (χ0v) is 13.1. The summed E-state index contributed by atoms with van der Waals surface area (Å²) in [6.45, 7) is 1.01. The summed E-state index contributed by atoms with van der Waals surface area (Å²) in [5, 5.41) is 3.40. The predicted molar refractivity (Wildman–Crippen MR) is 81.6 cm³/mol. The highest BCUT2D eigenvalue weighted by atomic mass is 19.3. The minimum absolute atomic E-state index is 0.0797. The lowest BCUT2D eigenvalue weighted by Crippen LogP contribution is -2.34. The molecule has 6 heteroatoms. The van der Waals surface area contributed by atoms with Crippen molar-refractivity contribution in [2.24, 2.45) is 5.92 Å². The van der Waals surface area contributed by atoms with Gasteiger partial charge in [-0.05, 0) is 63.1 Å². The molecule has 1 saturated heterocycles. The van der Waals surface area contributed by atoms with E-state index in [0.717, 1.165) is 25.2 Å². The Morgan fingerprint density at radius 3 is 2.64 bits per heavy atom. The second-order valence-corrected chi connectivity index (χ2v) is 5.74. The predicted octanol–water partition coefficient (Wildman–Crippen LogP) is 2.73. The summed E-state index contributed by atoms with van der Waals surface area (Å²) < 4.78 is 34.3. The van der Waals surface area contributed by atoms with E-state index < -0.39 is 6.61 Å². The minimum Gasteiger partial charge on any atom is -0.493 e. The van der Waals surface area contributed by atoms with Crippen LogP contribution in [0.1, 0.15) is 18.4 Å². The zero-order valence-electron chi connectivity index (χ0n) is 13.1. The van der Waals surface area contributed by atoms with E-state index in [1.54, 1.807) is 12.1 Å². The van der Waals surface area contributed by atoms with Crippen LogP contribution in [0.25, 0.3) is 0 Å². The highest BCUT2D eigenvalue weighted by Gasteiger charge is 2.16. The summed E-state index contributed by atoms with van der Waals surface area (Å²) in [6.07, 6.45) is 2.40. The molecule has 4 nitrogen and oxygen atoms in total. The van der Waals surface area contributed by atoms with Gasteiger partial charge in [0.05, 0.1) is 7.11 Å². The fraction of sp³-hybridized carbons (Fsp3) is 0.625. The van der Waals surface area contributed by atoms with E-state index in [1.807, 2.05) is 6.07 Å². The highest BCUT2D eigenvalue weighted by Crippen LogP contribution is 2.29. The van der Waals surface area contributed by atoms with Crippen molar-refractivity contribution in [2.45, 2.75) is 26.0 Å². The number of hydrogen-bond donors (Lipinski definition) is 1. The molecule has 1 N–H and O–H groups in total. The Balaban J connectivity index is 1.84. The monoisotopic (exact) mass is 314 g/mol.